The van der Waals surface area contributed by atoms with E-state index in [-0.39, 0.29) is 12.1 Å². The third kappa shape index (κ3) is 2.72. The van der Waals surface area contributed by atoms with Crippen LogP contribution in [0.1, 0.15) is 25.5 Å². The normalized spacial score (nSPS) is 32.9. The van der Waals surface area contributed by atoms with Gasteiger partial charge in [0.05, 0.1) is 6.07 Å². The maximum atomic E-state index is 12.6. The van der Waals surface area contributed by atoms with E-state index in [0.29, 0.717) is 0 Å². The second kappa shape index (κ2) is 5.44. The Morgan fingerprint density at radius 1 is 1.47 bits per heavy atom. The molecule has 6 heteroatoms. The largest absolute Gasteiger partial charge is 0.410 e. The fraction of sp³-hybridized carbons (Fsp3) is 0.462. The molecule has 4 atom stereocenters. The van der Waals surface area contributed by atoms with Crippen LogP contribution in [0.25, 0.3) is 0 Å². The molecule has 1 aromatic carbocycles. The molecule has 2 unspecified atom stereocenters. The van der Waals surface area contributed by atoms with E-state index in [0.717, 1.165) is 5.56 Å². The molecule has 0 spiro atoms. The maximum Gasteiger partial charge on any atom is 0.410 e. The molecular formula is C13H17N2O3P. The Balaban J connectivity index is 2.24. The smallest absolute Gasteiger partial charge is 0.287 e. The summed E-state index contributed by atoms with van der Waals surface area (Å²) in [6.07, 6.45) is -1.09. The summed E-state index contributed by atoms with van der Waals surface area (Å²) in [4.78, 5) is 0. The summed E-state index contributed by atoms with van der Waals surface area (Å²) in [5, 5.41) is 8.77. The van der Waals surface area contributed by atoms with Crippen LogP contribution < -0.4 is 0 Å². The third-order valence-electron chi connectivity index (χ3n) is 3.26. The number of hydrogen-bond donors (Lipinski definition) is 0. The van der Waals surface area contributed by atoms with E-state index in [2.05, 4.69) is 0 Å². The van der Waals surface area contributed by atoms with Crippen molar-refractivity contribution >= 4 is 7.75 Å². The summed E-state index contributed by atoms with van der Waals surface area (Å²) in [7, 11) is -1.71. The Bertz CT molecular complexity index is 528. The van der Waals surface area contributed by atoms with Crippen LogP contribution in [0.2, 0.25) is 0 Å². The van der Waals surface area contributed by atoms with Crippen LogP contribution in [0, 0.1) is 11.3 Å². The fourth-order valence-corrected chi connectivity index (χ4v) is 3.98. The van der Waals surface area contributed by atoms with Crippen molar-refractivity contribution in [2.75, 3.05) is 7.05 Å². The van der Waals surface area contributed by atoms with E-state index in [1.54, 1.807) is 18.6 Å². The fourth-order valence-electron chi connectivity index (χ4n) is 2.03. The van der Waals surface area contributed by atoms with Crippen LogP contribution in [0.4, 0.5) is 0 Å². The van der Waals surface area contributed by atoms with Gasteiger partial charge in [-0.1, -0.05) is 30.3 Å². The van der Waals surface area contributed by atoms with Crippen LogP contribution in [0.3, 0.4) is 0 Å². The van der Waals surface area contributed by atoms with Crippen molar-refractivity contribution in [2.24, 2.45) is 0 Å². The van der Waals surface area contributed by atoms with Crippen molar-refractivity contribution in [3.05, 3.63) is 35.9 Å². The molecule has 1 saturated heterocycles. The van der Waals surface area contributed by atoms with Crippen molar-refractivity contribution < 1.29 is 13.6 Å². The van der Waals surface area contributed by atoms with Crippen LogP contribution >= 0.6 is 7.75 Å². The van der Waals surface area contributed by atoms with Gasteiger partial charge >= 0.3 is 7.75 Å². The average molecular weight is 280 g/mol. The molecule has 1 fully saturated rings. The van der Waals surface area contributed by atoms with Gasteiger partial charge in [0.1, 0.15) is 6.10 Å². The minimum Gasteiger partial charge on any atom is -0.287 e. The highest BCUT2D eigenvalue weighted by Gasteiger charge is 2.48. The molecular weight excluding hydrogens is 263 g/mol. The van der Waals surface area contributed by atoms with E-state index in [4.69, 9.17) is 14.3 Å². The first-order valence-electron chi connectivity index (χ1n) is 6.12. The lowest BCUT2D eigenvalue weighted by Crippen LogP contribution is -2.24. The summed E-state index contributed by atoms with van der Waals surface area (Å²) in [6.45, 7) is 3.48. The Hall–Kier alpha value is -1.18. The predicted octanol–water partition coefficient (Wildman–Crippen LogP) is 3.11. The number of nitriles is 1. The Morgan fingerprint density at radius 3 is 2.68 bits per heavy atom. The van der Waals surface area contributed by atoms with Crippen molar-refractivity contribution in [2.45, 2.75) is 32.1 Å². The number of nitrogens with zero attached hydrogens (tertiary/aromatic N) is 2. The molecule has 1 aliphatic rings. The Labute approximate surface area is 113 Å². The highest BCUT2D eigenvalue weighted by Crippen LogP contribution is 2.63. The Kier molecular flexibility index (Phi) is 4.07. The van der Waals surface area contributed by atoms with Gasteiger partial charge in [-0.2, -0.15) is 5.26 Å². The van der Waals surface area contributed by atoms with Gasteiger partial charge in [-0.25, -0.2) is 9.24 Å². The predicted molar refractivity (Wildman–Crippen MR) is 71.3 cm³/mol. The van der Waals surface area contributed by atoms with Crippen LogP contribution in [-0.2, 0) is 13.6 Å². The molecule has 19 heavy (non-hydrogen) atoms. The van der Waals surface area contributed by atoms with Gasteiger partial charge in [-0.05, 0) is 26.5 Å². The first-order valence-corrected chi connectivity index (χ1v) is 7.62. The summed E-state index contributed by atoms with van der Waals surface area (Å²) in [6, 6.07) is 11.4. The van der Waals surface area contributed by atoms with Gasteiger partial charge in [-0.15, -0.1) is 0 Å². The lowest BCUT2D eigenvalue weighted by atomic mass is 10.0. The molecule has 102 valence electrons. The lowest BCUT2D eigenvalue weighted by Gasteiger charge is -2.20. The van der Waals surface area contributed by atoms with Crippen molar-refractivity contribution in [3.63, 3.8) is 0 Å². The second-order valence-electron chi connectivity index (χ2n) is 4.60. The van der Waals surface area contributed by atoms with Gasteiger partial charge in [-0.3, -0.25) is 9.05 Å². The molecule has 0 saturated carbocycles. The zero-order valence-corrected chi connectivity index (χ0v) is 12.1. The highest BCUT2D eigenvalue weighted by molar-refractivity contribution is 7.51. The number of hydrogen-bond acceptors (Lipinski definition) is 4. The molecule has 0 aromatic heterocycles. The molecule has 1 aliphatic heterocycles. The van der Waals surface area contributed by atoms with E-state index >= 15 is 0 Å². The van der Waals surface area contributed by atoms with Gasteiger partial charge in [0.15, 0.2) is 6.10 Å². The summed E-state index contributed by atoms with van der Waals surface area (Å²) < 4.78 is 25.1. The van der Waals surface area contributed by atoms with Crippen molar-refractivity contribution in [1.29, 1.82) is 5.26 Å². The summed E-state index contributed by atoms with van der Waals surface area (Å²) >= 11 is 0. The lowest BCUT2D eigenvalue weighted by molar-refractivity contribution is 0.159. The molecule has 0 amide bonds. The molecule has 5 nitrogen and oxygen atoms in total. The Morgan fingerprint density at radius 2 is 2.11 bits per heavy atom. The van der Waals surface area contributed by atoms with Gasteiger partial charge in [0.2, 0.25) is 0 Å². The van der Waals surface area contributed by atoms with Crippen molar-refractivity contribution in [1.82, 2.24) is 4.67 Å². The molecule has 1 aromatic rings. The standard InChI is InChI=1S/C13H17N2O3P/c1-10(9-14)17-19(16)15(3)11(2)13(18-19)12-7-5-4-6-8-12/h4-8,10-11,13H,1-3H3/t10?,11-,13+,19?/m0/s1. The average Bonchev–Trinajstić information content (AvgIpc) is 2.64. The molecule has 0 aliphatic carbocycles. The van der Waals surface area contributed by atoms with Gasteiger partial charge in [0, 0.05) is 6.04 Å². The first kappa shape index (κ1) is 14.2. The highest BCUT2D eigenvalue weighted by atomic mass is 31.2. The van der Waals surface area contributed by atoms with Crippen LogP contribution in [0.5, 0.6) is 0 Å². The first-order chi connectivity index (χ1) is 8.98. The molecule has 0 N–H and O–H groups in total. The van der Waals surface area contributed by atoms with E-state index < -0.39 is 13.9 Å². The van der Waals surface area contributed by atoms with E-state index in [9.17, 15) is 4.57 Å². The zero-order chi connectivity index (χ0) is 14.0. The molecule has 1 heterocycles. The quantitative estimate of drug-likeness (QED) is 0.796. The number of benzene rings is 1. The SMILES string of the molecule is CC(C#N)OP1(=O)O[C@@H](c2ccccc2)[C@H](C)N1C. The molecule has 0 bridgehead atoms. The summed E-state index contributed by atoms with van der Waals surface area (Å²) in [5.74, 6) is 0. The second-order valence-corrected chi connectivity index (χ2v) is 6.59. The number of rotatable bonds is 3. The zero-order valence-electron chi connectivity index (χ0n) is 11.2. The minimum atomic E-state index is -3.40. The van der Waals surface area contributed by atoms with Gasteiger partial charge < -0.3 is 0 Å². The van der Waals surface area contributed by atoms with E-state index in [1.807, 2.05) is 43.3 Å². The monoisotopic (exact) mass is 280 g/mol. The topological polar surface area (TPSA) is 62.6 Å². The molecule has 2 rings (SSSR count). The minimum absolute atomic E-state index is 0.0841. The van der Waals surface area contributed by atoms with Gasteiger partial charge in [0.25, 0.3) is 0 Å². The van der Waals surface area contributed by atoms with Crippen LogP contribution in [-0.4, -0.2) is 23.9 Å². The van der Waals surface area contributed by atoms with Crippen LogP contribution in [0.15, 0.2) is 30.3 Å². The van der Waals surface area contributed by atoms with E-state index in [1.165, 1.54) is 0 Å². The third-order valence-corrected chi connectivity index (χ3v) is 5.48. The molecule has 0 radical (unpaired) electrons. The number of likely N-dealkylation sites (N-methyl/N-ethyl adjacent to an activating group) is 1. The maximum absolute atomic E-state index is 12.6. The van der Waals surface area contributed by atoms with Crippen molar-refractivity contribution in [3.8, 4) is 6.07 Å². The summed E-state index contributed by atoms with van der Waals surface area (Å²) in [5.41, 5.74) is 0.952.